The van der Waals surface area contributed by atoms with E-state index in [2.05, 4.69) is 66.6 Å². The molecule has 2 aromatic rings. The molecule has 0 bridgehead atoms. The zero-order valence-corrected chi connectivity index (χ0v) is 12.5. The third-order valence-corrected chi connectivity index (χ3v) is 3.62. The molecule has 0 saturated carbocycles. The summed E-state index contributed by atoms with van der Waals surface area (Å²) in [6, 6.07) is 17.2. The highest BCUT2D eigenvalue weighted by atomic mass is 15.1. The van der Waals surface area contributed by atoms with Crippen LogP contribution in [0.1, 0.15) is 24.2 Å². The molecule has 2 rings (SSSR count). The zero-order valence-electron chi connectivity index (χ0n) is 12.5. The molecule has 0 amide bonds. The molecule has 0 radical (unpaired) electrons. The van der Waals surface area contributed by atoms with Gasteiger partial charge in [0.2, 0.25) is 0 Å². The number of hydrogen-bond donors (Lipinski definition) is 1. The van der Waals surface area contributed by atoms with Crippen molar-refractivity contribution in [2.45, 2.75) is 19.0 Å². The molecule has 2 atom stereocenters. The van der Waals surface area contributed by atoms with Crippen molar-refractivity contribution in [1.29, 1.82) is 0 Å². The summed E-state index contributed by atoms with van der Waals surface area (Å²) in [5.41, 5.74) is 2.31. The Labute approximate surface area is 121 Å². The van der Waals surface area contributed by atoms with E-state index >= 15 is 0 Å². The molecule has 0 aliphatic rings. The third kappa shape index (κ3) is 3.89. The van der Waals surface area contributed by atoms with E-state index in [4.69, 9.17) is 0 Å². The summed E-state index contributed by atoms with van der Waals surface area (Å²) in [4.78, 5) is 6.72. The molecule has 1 heterocycles. The molecule has 1 N–H and O–H groups in total. The maximum atomic E-state index is 4.50. The molecule has 0 saturated heterocycles. The molecular formula is C17H23N3. The maximum Gasteiger partial charge on any atom is 0.0751 e. The van der Waals surface area contributed by atoms with Crippen LogP contribution in [0.2, 0.25) is 0 Å². The van der Waals surface area contributed by atoms with Crippen LogP contribution in [0.4, 0.5) is 0 Å². The van der Waals surface area contributed by atoms with Crippen molar-refractivity contribution in [1.82, 2.24) is 15.2 Å². The van der Waals surface area contributed by atoms with Gasteiger partial charge in [-0.1, -0.05) is 36.4 Å². The number of pyridine rings is 1. The van der Waals surface area contributed by atoms with E-state index in [0.717, 1.165) is 12.2 Å². The Balaban J connectivity index is 2.17. The molecule has 0 spiro atoms. The van der Waals surface area contributed by atoms with Crippen molar-refractivity contribution in [3.05, 3.63) is 66.0 Å². The normalized spacial score (nSPS) is 14.2. The largest absolute Gasteiger partial charge is 0.305 e. The quantitative estimate of drug-likeness (QED) is 0.874. The first-order valence-corrected chi connectivity index (χ1v) is 7.04. The van der Waals surface area contributed by atoms with Gasteiger partial charge >= 0.3 is 0 Å². The van der Waals surface area contributed by atoms with Crippen molar-refractivity contribution in [2.24, 2.45) is 0 Å². The number of aromatic nitrogens is 1. The Morgan fingerprint density at radius 2 is 1.75 bits per heavy atom. The Kier molecular flexibility index (Phi) is 5.27. The molecule has 0 aliphatic heterocycles. The number of rotatable bonds is 6. The molecule has 0 aliphatic carbocycles. The van der Waals surface area contributed by atoms with Gasteiger partial charge in [0.25, 0.3) is 0 Å². The first-order chi connectivity index (χ1) is 9.68. The second-order valence-corrected chi connectivity index (χ2v) is 5.32. The van der Waals surface area contributed by atoms with E-state index in [0.29, 0.717) is 6.04 Å². The van der Waals surface area contributed by atoms with E-state index < -0.39 is 0 Å². The molecular weight excluding hydrogens is 246 g/mol. The van der Waals surface area contributed by atoms with Crippen molar-refractivity contribution >= 4 is 0 Å². The van der Waals surface area contributed by atoms with Crippen LogP contribution >= 0.6 is 0 Å². The van der Waals surface area contributed by atoms with Gasteiger partial charge in [-0.05, 0) is 38.7 Å². The summed E-state index contributed by atoms with van der Waals surface area (Å²) in [5.74, 6) is 0. The highest BCUT2D eigenvalue weighted by Crippen LogP contribution is 2.19. The monoisotopic (exact) mass is 269 g/mol. The van der Waals surface area contributed by atoms with Crippen molar-refractivity contribution < 1.29 is 0 Å². The van der Waals surface area contributed by atoms with Crippen LogP contribution in [0.3, 0.4) is 0 Å². The molecule has 106 valence electrons. The van der Waals surface area contributed by atoms with Gasteiger partial charge in [-0.3, -0.25) is 4.98 Å². The van der Waals surface area contributed by atoms with Gasteiger partial charge in [0.15, 0.2) is 0 Å². The van der Waals surface area contributed by atoms with E-state index in [9.17, 15) is 0 Å². The summed E-state index contributed by atoms with van der Waals surface area (Å²) in [6.07, 6.45) is 1.85. The first-order valence-electron chi connectivity index (χ1n) is 7.04. The van der Waals surface area contributed by atoms with Crippen molar-refractivity contribution in [2.75, 3.05) is 20.6 Å². The third-order valence-electron chi connectivity index (χ3n) is 3.62. The van der Waals surface area contributed by atoms with Crippen LogP contribution in [0.5, 0.6) is 0 Å². The standard InChI is InChI=1S/C17H23N3/c1-14(20(2)3)13-19-17(15-9-5-4-6-10-15)16-11-7-8-12-18-16/h4-12,14,17,19H,13H2,1-3H3. The molecule has 0 fully saturated rings. The predicted octanol–water partition coefficient (Wildman–Crippen LogP) is 2.71. The summed E-state index contributed by atoms with van der Waals surface area (Å²) in [5, 5.41) is 3.63. The van der Waals surface area contributed by atoms with Gasteiger partial charge in [0.05, 0.1) is 11.7 Å². The van der Waals surface area contributed by atoms with Crippen LogP contribution < -0.4 is 5.32 Å². The Morgan fingerprint density at radius 1 is 1.05 bits per heavy atom. The highest BCUT2D eigenvalue weighted by Gasteiger charge is 2.16. The minimum absolute atomic E-state index is 0.139. The lowest BCUT2D eigenvalue weighted by atomic mass is 10.0. The summed E-state index contributed by atoms with van der Waals surface area (Å²) in [6.45, 7) is 3.14. The number of benzene rings is 1. The summed E-state index contributed by atoms with van der Waals surface area (Å²) in [7, 11) is 4.20. The molecule has 1 aromatic heterocycles. The minimum Gasteiger partial charge on any atom is -0.305 e. The lowest BCUT2D eigenvalue weighted by molar-refractivity contribution is 0.297. The average molecular weight is 269 g/mol. The zero-order chi connectivity index (χ0) is 14.4. The average Bonchev–Trinajstić information content (AvgIpc) is 2.49. The molecule has 1 aromatic carbocycles. The Hall–Kier alpha value is -1.71. The van der Waals surface area contributed by atoms with Crippen LogP contribution in [-0.4, -0.2) is 36.6 Å². The van der Waals surface area contributed by atoms with Crippen LogP contribution in [0.15, 0.2) is 54.7 Å². The van der Waals surface area contributed by atoms with Crippen LogP contribution in [0, 0.1) is 0 Å². The smallest absolute Gasteiger partial charge is 0.0751 e. The van der Waals surface area contributed by atoms with Gasteiger partial charge in [-0.2, -0.15) is 0 Å². The second-order valence-electron chi connectivity index (χ2n) is 5.32. The van der Waals surface area contributed by atoms with E-state index in [1.807, 2.05) is 24.4 Å². The van der Waals surface area contributed by atoms with Crippen molar-refractivity contribution in [3.8, 4) is 0 Å². The second kappa shape index (κ2) is 7.17. The molecule has 3 heteroatoms. The van der Waals surface area contributed by atoms with Gasteiger partial charge in [0, 0.05) is 18.8 Å². The Bertz CT molecular complexity index is 457. The fourth-order valence-electron chi connectivity index (χ4n) is 2.06. The number of nitrogens with one attached hydrogen (secondary N) is 1. The molecule has 3 nitrogen and oxygen atoms in total. The highest BCUT2D eigenvalue weighted by molar-refractivity contribution is 5.27. The number of hydrogen-bond acceptors (Lipinski definition) is 3. The first kappa shape index (κ1) is 14.7. The topological polar surface area (TPSA) is 28.2 Å². The lowest BCUT2D eigenvalue weighted by Gasteiger charge is -2.24. The maximum absolute atomic E-state index is 4.50. The fraction of sp³-hybridized carbons (Fsp3) is 0.353. The summed E-state index contributed by atoms with van der Waals surface area (Å²) < 4.78 is 0. The van der Waals surface area contributed by atoms with Gasteiger partial charge in [-0.15, -0.1) is 0 Å². The number of nitrogens with zero attached hydrogens (tertiary/aromatic N) is 2. The Morgan fingerprint density at radius 3 is 2.35 bits per heavy atom. The van der Waals surface area contributed by atoms with Crippen molar-refractivity contribution in [3.63, 3.8) is 0 Å². The molecule has 20 heavy (non-hydrogen) atoms. The minimum atomic E-state index is 0.139. The fourth-order valence-corrected chi connectivity index (χ4v) is 2.06. The van der Waals surface area contributed by atoms with Gasteiger partial charge in [0.1, 0.15) is 0 Å². The molecule has 2 unspecified atom stereocenters. The van der Waals surface area contributed by atoms with Crippen LogP contribution in [-0.2, 0) is 0 Å². The SMILES string of the molecule is CC(CNC(c1ccccc1)c1ccccn1)N(C)C. The van der Waals surface area contributed by atoms with E-state index in [-0.39, 0.29) is 6.04 Å². The van der Waals surface area contributed by atoms with E-state index in [1.165, 1.54) is 5.56 Å². The van der Waals surface area contributed by atoms with Crippen LogP contribution in [0.25, 0.3) is 0 Å². The van der Waals surface area contributed by atoms with Gasteiger partial charge < -0.3 is 10.2 Å². The predicted molar refractivity (Wildman–Crippen MR) is 83.7 cm³/mol. The van der Waals surface area contributed by atoms with E-state index in [1.54, 1.807) is 0 Å². The number of likely N-dealkylation sites (N-methyl/N-ethyl adjacent to an activating group) is 1. The summed E-state index contributed by atoms with van der Waals surface area (Å²) >= 11 is 0. The lowest BCUT2D eigenvalue weighted by Crippen LogP contribution is -2.37. The van der Waals surface area contributed by atoms with Gasteiger partial charge in [-0.25, -0.2) is 0 Å².